The topological polar surface area (TPSA) is 61.1 Å². The maximum Gasteiger partial charge on any atom is 0.417 e. The second-order valence-corrected chi connectivity index (χ2v) is 7.48. The molecule has 0 atom stereocenters. The number of hydrogen-bond donors (Lipinski definition) is 0. The van der Waals surface area contributed by atoms with E-state index in [2.05, 4.69) is 22.6 Å². The molecule has 2 heterocycles. The van der Waals surface area contributed by atoms with Gasteiger partial charge >= 0.3 is 6.09 Å². The van der Waals surface area contributed by atoms with Crippen LogP contribution in [-0.2, 0) is 11.3 Å². The standard InChI is InChI=1S/C17H18INO5/c1-17(2,3)24-16(20)19(15-5-4-6-21-15)9-11-7-13-14(8-12(11)18)23-10-22-13/h4-8H,9-10H2,1-3H3. The molecule has 1 aliphatic rings. The van der Waals surface area contributed by atoms with Crippen LogP contribution in [0.15, 0.2) is 34.9 Å². The number of nitrogens with zero attached hydrogens (tertiary/aromatic N) is 1. The van der Waals surface area contributed by atoms with E-state index in [1.165, 1.54) is 11.2 Å². The molecule has 6 nitrogen and oxygen atoms in total. The van der Waals surface area contributed by atoms with Gasteiger partial charge in [-0.25, -0.2) is 9.69 Å². The van der Waals surface area contributed by atoms with Crippen molar-refractivity contribution >= 4 is 34.6 Å². The summed E-state index contributed by atoms with van der Waals surface area (Å²) in [5.41, 5.74) is 0.325. The van der Waals surface area contributed by atoms with E-state index >= 15 is 0 Å². The Bertz CT molecular complexity index is 736. The molecule has 2 aromatic rings. The first-order chi connectivity index (χ1) is 11.3. The fourth-order valence-electron chi connectivity index (χ4n) is 2.22. The minimum Gasteiger partial charge on any atom is -0.454 e. The largest absolute Gasteiger partial charge is 0.454 e. The molecule has 1 aromatic heterocycles. The lowest BCUT2D eigenvalue weighted by Crippen LogP contribution is -2.36. The van der Waals surface area contributed by atoms with E-state index in [4.69, 9.17) is 18.6 Å². The Balaban J connectivity index is 1.89. The first-order valence-electron chi connectivity index (χ1n) is 7.45. The molecular weight excluding hydrogens is 425 g/mol. The van der Waals surface area contributed by atoms with Crippen molar-refractivity contribution in [3.63, 3.8) is 0 Å². The zero-order valence-corrected chi connectivity index (χ0v) is 15.8. The third-order valence-electron chi connectivity index (χ3n) is 3.26. The number of carbonyl (C=O) groups is 1. The molecule has 0 spiro atoms. The van der Waals surface area contributed by atoms with Crippen molar-refractivity contribution in [2.75, 3.05) is 11.7 Å². The number of furan rings is 1. The van der Waals surface area contributed by atoms with E-state index < -0.39 is 11.7 Å². The molecule has 0 N–H and O–H groups in total. The predicted octanol–water partition coefficient (Wildman–Crippen LogP) is 4.55. The van der Waals surface area contributed by atoms with E-state index in [9.17, 15) is 4.79 Å². The van der Waals surface area contributed by atoms with Crippen LogP contribution < -0.4 is 14.4 Å². The van der Waals surface area contributed by atoms with Crippen LogP contribution in [0.2, 0.25) is 0 Å². The molecule has 0 aliphatic carbocycles. The lowest BCUT2D eigenvalue weighted by molar-refractivity contribution is 0.0571. The minimum absolute atomic E-state index is 0.211. The van der Waals surface area contributed by atoms with Crippen molar-refractivity contribution in [3.05, 3.63) is 39.7 Å². The van der Waals surface area contributed by atoms with Gasteiger partial charge in [0.2, 0.25) is 12.7 Å². The Morgan fingerprint density at radius 1 is 1.29 bits per heavy atom. The molecule has 0 unspecified atom stereocenters. The van der Waals surface area contributed by atoms with Crippen molar-refractivity contribution in [3.8, 4) is 11.5 Å². The van der Waals surface area contributed by atoms with Crippen molar-refractivity contribution in [2.24, 2.45) is 0 Å². The van der Waals surface area contributed by atoms with Gasteiger partial charge in [0.05, 0.1) is 12.8 Å². The summed E-state index contributed by atoms with van der Waals surface area (Å²) in [5.74, 6) is 1.82. The first-order valence-corrected chi connectivity index (χ1v) is 8.53. The highest BCUT2D eigenvalue weighted by Gasteiger charge is 2.27. The van der Waals surface area contributed by atoms with Crippen LogP contribution in [-0.4, -0.2) is 18.5 Å². The molecule has 1 aliphatic heterocycles. The highest BCUT2D eigenvalue weighted by Crippen LogP contribution is 2.36. The van der Waals surface area contributed by atoms with E-state index in [-0.39, 0.29) is 6.79 Å². The molecular formula is C17H18INO5. The molecule has 0 radical (unpaired) electrons. The monoisotopic (exact) mass is 443 g/mol. The Morgan fingerprint density at radius 3 is 2.62 bits per heavy atom. The molecule has 0 saturated carbocycles. The van der Waals surface area contributed by atoms with Gasteiger partial charge in [0.25, 0.3) is 0 Å². The number of anilines is 1. The zero-order valence-electron chi connectivity index (χ0n) is 13.7. The minimum atomic E-state index is -0.593. The Hall–Kier alpha value is -1.90. The molecule has 128 valence electrons. The van der Waals surface area contributed by atoms with Crippen LogP contribution in [0.3, 0.4) is 0 Å². The average molecular weight is 443 g/mol. The molecule has 1 amide bonds. The summed E-state index contributed by atoms with van der Waals surface area (Å²) in [6.45, 7) is 6.00. The number of fused-ring (bicyclic) bond motifs is 1. The molecule has 0 bridgehead atoms. The van der Waals surface area contributed by atoms with Gasteiger partial charge in [-0.2, -0.15) is 0 Å². The second kappa shape index (κ2) is 6.54. The number of ether oxygens (including phenoxy) is 3. The van der Waals surface area contributed by atoms with Gasteiger partial charge in [-0.05, 0) is 67.1 Å². The lowest BCUT2D eigenvalue weighted by atomic mass is 10.2. The summed E-state index contributed by atoms with van der Waals surface area (Å²) in [6.07, 6.45) is 1.06. The SMILES string of the molecule is CC(C)(C)OC(=O)N(Cc1cc2c(cc1I)OCO2)c1ccco1. The lowest BCUT2D eigenvalue weighted by Gasteiger charge is -2.26. The Morgan fingerprint density at radius 2 is 2.00 bits per heavy atom. The van der Waals surface area contributed by atoms with Crippen LogP contribution in [0.25, 0.3) is 0 Å². The number of benzene rings is 1. The molecule has 1 aromatic carbocycles. The van der Waals surface area contributed by atoms with E-state index in [0.29, 0.717) is 23.9 Å². The maximum absolute atomic E-state index is 12.6. The predicted molar refractivity (Wildman–Crippen MR) is 96.4 cm³/mol. The van der Waals surface area contributed by atoms with E-state index in [1.54, 1.807) is 12.1 Å². The molecule has 0 saturated heterocycles. The van der Waals surface area contributed by atoms with Gasteiger partial charge < -0.3 is 18.6 Å². The van der Waals surface area contributed by atoms with E-state index in [0.717, 1.165) is 9.13 Å². The molecule has 24 heavy (non-hydrogen) atoms. The van der Waals surface area contributed by atoms with Crippen LogP contribution in [0, 0.1) is 3.57 Å². The van der Waals surface area contributed by atoms with Gasteiger partial charge in [-0.15, -0.1) is 0 Å². The number of hydrogen-bond acceptors (Lipinski definition) is 5. The quantitative estimate of drug-likeness (QED) is 0.652. The van der Waals surface area contributed by atoms with Crippen molar-refractivity contribution in [2.45, 2.75) is 32.9 Å². The number of carbonyl (C=O) groups excluding carboxylic acids is 1. The van der Waals surface area contributed by atoms with Crippen molar-refractivity contribution in [1.82, 2.24) is 0 Å². The summed E-state index contributed by atoms with van der Waals surface area (Å²) in [7, 11) is 0. The fraction of sp³-hybridized carbons (Fsp3) is 0.353. The summed E-state index contributed by atoms with van der Waals surface area (Å²) in [4.78, 5) is 14.1. The molecule has 7 heteroatoms. The normalized spacial score (nSPS) is 13.0. The molecule has 3 rings (SSSR count). The zero-order chi connectivity index (χ0) is 17.3. The van der Waals surface area contributed by atoms with Gasteiger partial charge in [0.1, 0.15) is 5.60 Å². The number of halogens is 1. The third kappa shape index (κ3) is 3.77. The second-order valence-electron chi connectivity index (χ2n) is 6.31. The number of amides is 1. The van der Waals surface area contributed by atoms with Gasteiger partial charge in [-0.1, -0.05) is 0 Å². The van der Waals surface area contributed by atoms with Crippen LogP contribution in [0.1, 0.15) is 26.3 Å². The van der Waals surface area contributed by atoms with Crippen molar-refractivity contribution in [1.29, 1.82) is 0 Å². The van der Waals surface area contributed by atoms with Gasteiger partial charge in [0.15, 0.2) is 11.5 Å². The van der Waals surface area contributed by atoms with Gasteiger partial charge in [0, 0.05) is 9.64 Å². The average Bonchev–Trinajstić information content (AvgIpc) is 3.13. The van der Waals surface area contributed by atoms with Crippen molar-refractivity contribution < 1.29 is 23.4 Å². The van der Waals surface area contributed by atoms with Crippen LogP contribution >= 0.6 is 22.6 Å². The van der Waals surface area contributed by atoms with Crippen LogP contribution in [0.4, 0.5) is 10.7 Å². The van der Waals surface area contributed by atoms with Gasteiger partial charge in [-0.3, -0.25) is 0 Å². The first kappa shape index (κ1) is 16.9. The summed E-state index contributed by atoms with van der Waals surface area (Å²) in [5, 5.41) is 0. The summed E-state index contributed by atoms with van der Waals surface area (Å²) < 4.78 is 22.7. The highest BCUT2D eigenvalue weighted by molar-refractivity contribution is 14.1. The Labute approximate surface area is 153 Å². The summed E-state index contributed by atoms with van der Waals surface area (Å²) >= 11 is 2.21. The smallest absolute Gasteiger partial charge is 0.417 e. The summed E-state index contributed by atoms with van der Waals surface area (Å²) in [6, 6.07) is 7.24. The fourth-order valence-corrected chi connectivity index (χ4v) is 2.83. The highest BCUT2D eigenvalue weighted by atomic mass is 127. The number of rotatable bonds is 3. The van der Waals surface area contributed by atoms with Crippen LogP contribution in [0.5, 0.6) is 11.5 Å². The maximum atomic E-state index is 12.6. The van der Waals surface area contributed by atoms with E-state index in [1.807, 2.05) is 32.9 Å². The Kier molecular flexibility index (Phi) is 4.62. The third-order valence-corrected chi connectivity index (χ3v) is 4.26. The molecule has 0 fully saturated rings.